The topological polar surface area (TPSA) is 74.1 Å². The summed E-state index contributed by atoms with van der Waals surface area (Å²) >= 11 is 0. The molecule has 0 saturated carbocycles. The molecule has 0 spiro atoms. The molecule has 2 aromatic carbocycles. The quantitative estimate of drug-likeness (QED) is 0.479. The van der Waals surface area contributed by atoms with Crippen LogP contribution in [-0.4, -0.2) is 50.8 Å². The number of nitro benzene ring substituents is 1. The normalized spacial score (nSPS) is 10.6. The second-order valence-electron chi connectivity index (χ2n) is 5.84. The minimum Gasteiger partial charge on any atom is -0.493 e. The van der Waals surface area contributed by atoms with Crippen LogP contribution in [-0.2, 0) is 6.42 Å². The Balaban J connectivity index is 1.75. The largest absolute Gasteiger partial charge is 0.493 e. The van der Waals surface area contributed by atoms with Crippen molar-refractivity contribution < 1.29 is 19.1 Å². The first-order valence-electron chi connectivity index (χ1n) is 8.30. The molecule has 0 radical (unpaired) electrons. The number of ether oxygens (including phenoxy) is 3. The summed E-state index contributed by atoms with van der Waals surface area (Å²) < 4.78 is 16.2. The average Bonchev–Trinajstić information content (AvgIpc) is 2.66. The zero-order valence-electron chi connectivity index (χ0n) is 15.3. The first-order valence-corrected chi connectivity index (χ1v) is 8.30. The minimum atomic E-state index is -0.425. The van der Waals surface area contributed by atoms with Crippen LogP contribution in [0.25, 0.3) is 0 Å². The number of benzene rings is 2. The molecule has 140 valence electrons. The maximum atomic E-state index is 10.6. The minimum absolute atomic E-state index is 0.0596. The van der Waals surface area contributed by atoms with E-state index < -0.39 is 4.92 Å². The lowest BCUT2D eigenvalue weighted by atomic mass is 10.1. The third-order valence-corrected chi connectivity index (χ3v) is 4.02. The van der Waals surface area contributed by atoms with Gasteiger partial charge in [-0.1, -0.05) is 6.07 Å². The first-order chi connectivity index (χ1) is 12.5. The van der Waals surface area contributed by atoms with Gasteiger partial charge < -0.3 is 19.1 Å². The molecule has 0 aliphatic carbocycles. The molecule has 0 N–H and O–H groups in total. The lowest BCUT2D eigenvalue weighted by Crippen LogP contribution is -2.26. The number of nitrogens with zero attached hydrogens (tertiary/aromatic N) is 2. The molecule has 0 unspecified atom stereocenters. The van der Waals surface area contributed by atoms with Gasteiger partial charge in [0.25, 0.3) is 5.69 Å². The van der Waals surface area contributed by atoms with E-state index in [0.717, 1.165) is 31.0 Å². The van der Waals surface area contributed by atoms with E-state index in [-0.39, 0.29) is 5.69 Å². The molecular formula is C19H24N2O5. The smallest absolute Gasteiger partial charge is 0.269 e. The van der Waals surface area contributed by atoms with Crippen LogP contribution in [0.2, 0.25) is 0 Å². The van der Waals surface area contributed by atoms with Gasteiger partial charge in [0.15, 0.2) is 11.5 Å². The SMILES string of the molecule is COc1ccc(CCN(C)CCOc2ccc([N+](=O)[O-])cc2)cc1OC. The molecule has 0 bridgehead atoms. The van der Waals surface area contributed by atoms with Gasteiger partial charge in [0.2, 0.25) is 0 Å². The Morgan fingerprint density at radius 3 is 2.31 bits per heavy atom. The summed E-state index contributed by atoms with van der Waals surface area (Å²) in [6.45, 7) is 2.14. The molecule has 0 heterocycles. The lowest BCUT2D eigenvalue weighted by molar-refractivity contribution is -0.384. The summed E-state index contributed by atoms with van der Waals surface area (Å²) in [4.78, 5) is 12.4. The monoisotopic (exact) mass is 360 g/mol. The molecule has 0 aromatic heterocycles. The molecule has 2 aromatic rings. The third kappa shape index (κ3) is 5.63. The van der Waals surface area contributed by atoms with Crippen LogP contribution in [0.15, 0.2) is 42.5 Å². The maximum absolute atomic E-state index is 10.6. The Morgan fingerprint density at radius 2 is 1.69 bits per heavy atom. The van der Waals surface area contributed by atoms with Gasteiger partial charge in [0.05, 0.1) is 19.1 Å². The van der Waals surface area contributed by atoms with Crippen LogP contribution in [0.1, 0.15) is 5.56 Å². The maximum Gasteiger partial charge on any atom is 0.269 e. The second-order valence-corrected chi connectivity index (χ2v) is 5.84. The van der Waals surface area contributed by atoms with Crippen LogP contribution in [0, 0.1) is 10.1 Å². The molecule has 0 amide bonds. The molecule has 0 aliphatic rings. The van der Waals surface area contributed by atoms with Gasteiger partial charge in [0, 0.05) is 25.2 Å². The predicted molar refractivity (Wildman–Crippen MR) is 99.3 cm³/mol. The average molecular weight is 360 g/mol. The number of methoxy groups -OCH3 is 2. The van der Waals surface area contributed by atoms with E-state index >= 15 is 0 Å². The number of likely N-dealkylation sites (N-methyl/N-ethyl adjacent to an activating group) is 1. The summed E-state index contributed by atoms with van der Waals surface area (Å²) in [5.74, 6) is 2.08. The Morgan fingerprint density at radius 1 is 1.00 bits per heavy atom. The van der Waals surface area contributed by atoms with Gasteiger partial charge in [-0.3, -0.25) is 10.1 Å². The van der Waals surface area contributed by atoms with Crippen LogP contribution < -0.4 is 14.2 Å². The highest BCUT2D eigenvalue weighted by atomic mass is 16.6. The standard InChI is InChI=1S/C19H24N2O5/c1-20(11-10-15-4-9-18(24-2)19(14-15)25-3)12-13-26-17-7-5-16(6-8-17)21(22)23/h4-9,14H,10-13H2,1-3H3. The molecule has 7 nitrogen and oxygen atoms in total. The van der Waals surface area contributed by atoms with Crippen molar-refractivity contribution in [2.75, 3.05) is 41.0 Å². The van der Waals surface area contributed by atoms with Gasteiger partial charge in [-0.2, -0.15) is 0 Å². The molecular weight excluding hydrogens is 336 g/mol. The second kappa shape index (κ2) is 9.62. The van der Waals surface area contributed by atoms with Crippen LogP contribution in [0.3, 0.4) is 0 Å². The van der Waals surface area contributed by atoms with Crippen molar-refractivity contribution in [2.45, 2.75) is 6.42 Å². The van der Waals surface area contributed by atoms with Crippen molar-refractivity contribution in [3.63, 3.8) is 0 Å². The van der Waals surface area contributed by atoms with E-state index in [1.54, 1.807) is 26.4 Å². The molecule has 0 aliphatic heterocycles. The molecule has 7 heteroatoms. The summed E-state index contributed by atoms with van der Waals surface area (Å²) in [6, 6.07) is 12.0. The zero-order chi connectivity index (χ0) is 18.9. The fourth-order valence-electron chi connectivity index (χ4n) is 2.45. The molecule has 0 atom stereocenters. The molecule has 0 saturated heterocycles. The summed E-state index contributed by atoms with van der Waals surface area (Å²) in [6.07, 6.45) is 0.883. The van der Waals surface area contributed by atoms with Crippen LogP contribution >= 0.6 is 0 Å². The van der Waals surface area contributed by atoms with Gasteiger partial charge in [-0.15, -0.1) is 0 Å². The van der Waals surface area contributed by atoms with Crippen molar-refractivity contribution in [3.05, 3.63) is 58.1 Å². The first kappa shape index (κ1) is 19.5. The van der Waals surface area contributed by atoms with Gasteiger partial charge in [-0.05, 0) is 43.3 Å². The highest BCUT2D eigenvalue weighted by Gasteiger charge is 2.07. The van der Waals surface area contributed by atoms with Crippen molar-refractivity contribution >= 4 is 5.69 Å². The number of rotatable bonds is 10. The lowest BCUT2D eigenvalue weighted by Gasteiger charge is -2.17. The van der Waals surface area contributed by atoms with Crippen LogP contribution in [0.5, 0.6) is 17.2 Å². The van der Waals surface area contributed by atoms with E-state index in [9.17, 15) is 10.1 Å². The highest BCUT2D eigenvalue weighted by Crippen LogP contribution is 2.27. The Kier molecular flexibility index (Phi) is 7.23. The van der Waals surface area contributed by atoms with Crippen LogP contribution in [0.4, 0.5) is 5.69 Å². The van der Waals surface area contributed by atoms with Crippen molar-refractivity contribution in [1.82, 2.24) is 4.90 Å². The van der Waals surface area contributed by atoms with E-state index in [2.05, 4.69) is 4.90 Å². The van der Waals surface area contributed by atoms with E-state index in [1.807, 2.05) is 25.2 Å². The molecule has 2 rings (SSSR count). The number of hydrogen-bond donors (Lipinski definition) is 0. The zero-order valence-corrected chi connectivity index (χ0v) is 15.3. The Hall–Kier alpha value is -2.80. The van der Waals surface area contributed by atoms with Crippen molar-refractivity contribution in [1.29, 1.82) is 0 Å². The Bertz CT molecular complexity index is 718. The third-order valence-electron chi connectivity index (χ3n) is 4.02. The number of nitro groups is 1. The van der Waals surface area contributed by atoms with Crippen molar-refractivity contribution in [3.8, 4) is 17.2 Å². The molecule has 0 fully saturated rings. The van der Waals surface area contributed by atoms with E-state index in [0.29, 0.717) is 12.4 Å². The van der Waals surface area contributed by atoms with Gasteiger partial charge >= 0.3 is 0 Å². The number of hydrogen-bond acceptors (Lipinski definition) is 6. The van der Waals surface area contributed by atoms with E-state index in [4.69, 9.17) is 14.2 Å². The fraction of sp³-hybridized carbons (Fsp3) is 0.368. The predicted octanol–water partition coefficient (Wildman–Crippen LogP) is 3.17. The fourth-order valence-corrected chi connectivity index (χ4v) is 2.45. The van der Waals surface area contributed by atoms with Crippen molar-refractivity contribution in [2.24, 2.45) is 0 Å². The molecule has 26 heavy (non-hydrogen) atoms. The van der Waals surface area contributed by atoms with Gasteiger partial charge in [-0.25, -0.2) is 0 Å². The van der Waals surface area contributed by atoms with E-state index in [1.165, 1.54) is 17.7 Å². The summed E-state index contributed by atoms with van der Waals surface area (Å²) in [5, 5.41) is 10.6. The van der Waals surface area contributed by atoms with Gasteiger partial charge in [0.1, 0.15) is 12.4 Å². The number of non-ortho nitro benzene ring substituents is 1. The Labute approximate surface area is 153 Å². The summed E-state index contributed by atoms with van der Waals surface area (Å²) in [7, 11) is 5.28. The summed E-state index contributed by atoms with van der Waals surface area (Å²) in [5.41, 5.74) is 1.23. The highest BCUT2D eigenvalue weighted by molar-refractivity contribution is 5.43.